The molecule has 37 heavy (non-hydrogen) atoms. The van der Waals surface area contributed by atoms with Crippen molar-refractivity contribution in [2.24, 2.45) is 0 Å². The Morgan fingerprint density at radius 3 is 2.57 bits per heavy atom. The highest BCUT2D eigenvalue weighted by atomic mass is 16.5. The summed E-state index contributed by atoms with van der Waals surface area (Å²) in [5.41, 5.74) is 2.79. The minimum atomic E-state index is 0.425. The number of hydrogen-bond donors (Lipinski definition) is 1. The van der Waals surface area contributed by atoms with Crippen LogP contribution in [-0.2, 0) is 6.42 Å². The first-order chi connectivity index (χ1) is 18.1. The van der Waals surface area contributed by atoms with Crippen molar-refractivity contribution in [2.75, 3.05) is 58.8 Å². The highest BCUT2D eigenvalue weighted by Crippen LogP contribution is 2.38. The van der Waals surface area contributed by atoms with Crippen LogP contribution >= 0.6 is 0 Å². The second-order valence-corrected chi connectivity index (χ2v) is 10.5. The number of benzene rings is 1. The average molecular weight is 507 g/mol. The van der Waals surface area contributed by atoms with E-state index in [0.717, 1.165) is 90.6 Å². The van der Waals surface area contributed by atoms with Gasteiger partial charge in [0.25, 0.3) is 0 Å². The molecular weight excluding hydrogens is 464 g/mol. The number of fused-ring (bicyclic) bond motifs is 1. The molecule has 0 saturated carbocycles. The summed E-state index contributed by atoms with van der Waals surface area (Å²) < 4.78 is 18.1. The van der Waals surface area contributed by atoms with Crippen LogP contribution < -0.4 is 14.8 Å². The lowest BCUT2D eigenvalue weighted by Gasteiger charge is -2.30. The van der Waals surface area contributed by atoms with Gasteiger partial charge in [0.15, 0.2) is 17.3 Å². The number of furan rings is 1. The third-order valence-corrected chi connectivity index (χ3v) is 7.76. The third kappa shape index (κ3) is 6.39. The lowest BCUT2D eigenvalue weighted by molar-refractivity contribution is 0.203. The Bertz CT molecular complexity index is 1160. The van der Waals surface area contributed by atoms with Crippen molar-refractivity contribution < 1.29 is 13.9 Å². The number of methoxy groups -OCH3 is 1. The number of piperidine rings is 2. The molecule has 2 aromatic heterocycles. The molecule has 0 aliphatic carbocycles. The van der Waals surface area contributed by atoms with Crippen LogP contribution in [-0.4, -0.2) is 74.3 Å². The largest absolute Gasteiger partial charge is 0.493 e. The molecule has 0 amide bonds. The first-order valence-corrected chi connectivity index (χ1v) is 14.0. The maximum atomic E-state index is 6.25. The van der Waals surface area contributed by atoms with Gasteiger partial charge >= 0.3 is 0 Å². The SMILES string of the molecule is CCc1ccc(-c2cc(NC3CCN(C)CC3)c3cc(OC)c(OCCCN4CCCCC4)cc3n2)o1. The van der Waals surface area contributed by atoms with E-state index in [1.54, 1.807) is 7.11 Å². The van der Waals surface area contributed by atoms with Gasteiger partial charge in [-0.1, -0.05) is 13.3 Å². The first kappa shape index (κ1) is 25.9. The van der Waals surface area contributed by atoms with Gasteiger partial charge in [0.05, 0.1) is 19.2 Å². The zero-order chi connectivity index (χ0) is 25.6. The highest BCUT2D eigenvalue weighted by Gasteiger charge is 2.20. The van der Waals surface area contributed by atoms with E-state index in [1.807, 2.05) is 18.2 Å². The zero-order valence-corrected chi connectivity index (χ0v) is 22.7. The molecule has 2 aliphatic heterocycles. The lowest BCUT2D eigenvalue weighted by Crippen LogP contribution is -2.36. The molecule has 7 heteroatoms. The summed E-state index contributed by atoms with van der Waals surface area (Å²) in [5, 5.41) is 4.87. The van der Waals surface area contributed by atoms with E-state index in [1.165, 1.54) is 32.4 Å². The fraction of sp³-hybridized carbons (Fsp3) is 0.567. The van der Waals surface area contributed by atoms with Gasteiger partial charge in [0, 0.05) is 36.1 Å². The molecule has 5 rings (SSSR count). The van der Waals surface area contributed by atoms with Crippen LogP contribution in [0.3, 0.4) is 0 Å². The number of rotatable bonds is 10. The molecule has 0 atom stereocenters. The standard InChI is InChI=1S/C30H42N4O3/c1-4-23-9-10-28(37-23)27-20-25(31-22-11-16-33(2)17-12-22)24-19-29(35-3)30(21-26(24)32-27)36-18-8-15-34-13-6-5-7-14-34/h9-10,19-22H,4-8,11-18H2,1-3H3,(H,31,32). The van der Waals surface area contributed by atoms with Crippen LogP contribution in [0.25, 0.3) is 22.4 Å². The number of nitrogens with zero attached hydrogens (tertiary/aromatic N) is 3. The molecule has 2 aliphatic rings. The highest BCUT2D eigenvalue weighted by molar-refractivity contribution is 5.95. The van der Waals surface area contributed by atoms with Gasteiger partial charge in [-0.3, -0.25) is 0 Å². The summed E-state index contributed by atoms with van der Waals surface area (Å²) in [6, 6.07) is 10.7. The quantitative estimate of drug-likeness (QED) is 0.347. The van der Waals surface area contributed by atoms with Crippen molar-refractivity contribution in [3.63, 3.8) is 0 Å². The van der Waals surface area contributed by atoms with E-state index in [0.29, 0.717) is 12.6 Å². The maximum Gasteiger partial charge on any atom is 0.163 e. The van der Waals surface area contributed by atoms with Crippen molar-refractivity contribution in [1.29, 1.82) is 0 Å². The summed E-state index contributed by atoms with van der Waals surface area (Å²) in [4.78, 5) is 9.95. The summed E-state index contributed by atoms with van der Waals surface area (Å²) in [6.45, 7) is 8.48. The van der Waals surface area contributed by atoms with E-state index in [9.17, 15) is 0 Å². The van der Waals surface area contributed by atoms with Crippen molar-refractivity contribution in [3.05, 3.63) is 36.1 Å². The number of ether oxygens (including phenoxy) is 2. The second-order valence-electron chi connectivity index (χ2n) is 10.5. The molecule has 0 radical (unpaired) electrons. The summed E-state index contributed by atoms with van der Waals surface area (Å²) >= 11 is 0. The Hall–Kier alpha value is -2.77. The molecule has 7 nitrogen and oxygen atoms in total. The maximum absolute atomic E-state index is 6.25. The van der Waals surface area contributed by atoms with E-state index in [2.05, 4.69) is 41.2 Å². The van der Waals surface area contributed by atoms with Gasteiger partial charge in [-0.25, -0.2) is 4.98 Å². The minimum Gasteiger partial charge on any atom is -0.493 e. The Morgan fingerprint density at radius 1 is 1.03 bits per heavy atom. The smallest absolute Gasteiger partial charge is 0.163 e. The number of likely N-dealkylation sites (tertiary alicyclic amines) is 2. The molecule has 2 fully saturated rings. The second kappa shape index (κ2) is 12.2. The van der Waals surface area contributed by atoms with Crippen LogP contribution in [0.5, 0.6) is 11.5 Å². The lowest BCUT2D eigenvalue weighted by atomic mass is 10.0. The first-order valence-electron chi connectivity index (χ1n) is 14.0. The predicted molar refractivity (Wildman–Crippen MR) is 150 cm³/mol. The number of nitrogens with one attached hydrogen (secondary N) is 1. The molecule has 200 valence electrons. The van der Waals surface area contributed by atoms with Gasteiger partial charge in [0.2, 0.25) is 0 Å². The molecule has 0 spiro atoms. The Labute approximate surface area is 221 Å². The van der Waals surface area contributed by atoms with E-state index >= 15 is 0 Å². The molecular formula is C30H42N4O3. The Balaban J connectivity index is 1.41. The van der Waals surface area contributed by atoms with Gasteiger partial charge in [0.1, 0.15) is 11.5 Å². The third-order valence-electron chi connectivity index (χ3n) is 7.76. The van der Waals surface area contributed by atoms with Crippen LogP contribution in [0.2, 0.25) is 0 Å². The minimum absolute atomic E-state index is 0.425. The number of anilines is 1. The number of aryl methyl sites for hydroxylation is 1. The zero-order valence-electron chi connectivity index (χ0n) is 22.7. The normalized spacial score (nSPS) is 17.8. The molecule has 0 unspecified atom stereocenters. The van der Waals surface area contributed by atoms with E-state index < -0.39 is 0 Å². The van der Waals surface area contributed by atoms with Crippen LogP contribution in [0.1, 0.15) is 51.2 Å². The molecule has 3 aromatic rings. The van der Waals surface area contributed by atoms with Gasteiger partial charge in [-0.2, -0.15) is 0 Å². The van der Waals surface area contributed by atoms with Gasteiger partial charge in [-0.05, 0) is 89.6 Å². The molecule has 1 N–H and O–H groups in total. The van der Waals surface area contributed by atoms with Crippen LogP contribution in [0.4, 0.5) is 5.69 Å². The predicted octanol–water partition coefficient (Wildman–Crippen LogP) is 5.83. The Morgan fingerprint density at radius 2 is 1.84 bits per heavy atom. The fourth-order valence-corrected chi connectivity index (χ4v) is 5.48. The van der Waals surface area contributed by atoms with E-state index in [4.69, 9.17) is 18.9 Å². The molecule has 4 heterocycles. The summed E-state index contributed by atoms with van der Waals surface area (Å²) in [7, 11) is 3.90. The monoisotopic (exact) mass is 506 g/mol. The van der Waals surface area contributed by atoms with E-state index in [-0.39, 0.29) is 0 Å². The van der Waals surface area contributed by atoms with Gasteiger partial charge < -0.3 is 29.0 Å². The number of hydrogen-bond acceptors (Lipinski definition) is 7. The summed E-state index contributed by atoms with van der Waals surface area (Å²) in [6.07, 6.45) is 8.10. The van der Waals surface area contributed by atoms with Crippen molar-refractivity contribution >= 4 is 16.6 Å². The van der Waals surface area contributed by atoms with Crippen molar-refractivity contribution in [2.45, 2.75) is 57.9 Å². The molecule has 2 saturated heterocycles. The number of pyridine rings is 1. The van der Waals surface area contributed by atoms with Crippen LogP contribution in [0, 0.1) is 0 Å². The fourth-order valence-electron chi connectivity index (χ4n) is 5.48. The molecule has 1 aromatic carbocycles. The van der Waals surface area contributed by atoms with Crippen molar-refractivity contribution in [3.8, 4) is 23.0 Å². The van der Waals surface area contributed by atoms with Crippen molar-refractivity contribution in [1.82, 2.24) is 14.8 Å². The van der Waals surface area contributed by atoms with Gasteiger partial charge in [-0.15, -0.1) is 0 Å². The topological polar surface area (TPSA) is 63.0 Å². The average Bonchev–Trinajstić information content (AvgIpc) is 3.42. The Kier molecular flexibility index (Phi) is 8.52. The number of aromatic nitrogens is 1. The van der Waals surface area contributed by atoms with Crippen LogP contribution in [0.15, 0.2) is 34.7 Å². The molecule has 0 bridgehead atoms. The summed E-state index contributed by atoms with van der Waals surface area (Å²) in [5.74, 6) is 3.26.